The van der Waals surface area contributed by atoms with E-state index in [0.29, 0.717) is 16.7 Å². The van der Waals surface area contributed by atoms with Crippen LogP contribution in [0.2, 0.25) is 0 Å². The zero-order chi connectivity index (χ0) is 20.3. The average Bonchev–Trinajstić information content (AvgIpc) is 3.10. The summed E-state index contributed by atoms with van der Waals surface area (Å²) in [6.07, 6.45) is 2.69. The van der Waals surface area contributed by atoms with Gasteiger partial charge in [-0.1, -0.05) is 0 Å². The predicted molar refractivity (Wildman–Crippen MR) is 109 cm³/mol. The van der Waals surface area contributed by atoms with Crippen LogP contribution < -0.4 is 10.0 Å². The van der Waals surface area contributed by atoms with Crippen LogP contribution in [-0.2, 0) is 10.0 Å². The summed E-state index contributed by atoms with van der Waals surface area (Å²) in [5.41, 5.74) is 0.151. The molecule has 0 atom stereocenters. The molecule has 0 saturated heterocycles. The molecule has 0 radical (unpaired) electrons. The Morgan fingerprint density at radius 1 is 1.29 bits per heavy atom. The lowest BCUT2D eigenvalue weighted by Crippen LogP contribution is -2.21. The summed E-state index contributed by atoms with van der Waals surface area (Å²) in [5, 5.41) is 9.68. The van der Waals surface area contributed by atoms with Crippen molar-refractivity contribution in [3.63, 3.8) is 0 Å². The molecule has 0 spiro atoms. The normalized spacial score (nSPS) is 11.5. The van der Waals surface area contributed by atoms with Crippen molar-refractivity contribution < 1.29 is 22.0 Å². The first-order valence-electron chi connectivity index (χ1n) is 7.95. The molecular formula is C16H14F2IN5O3S. The number of benzene rings is 1. The molecule has 28 heavy (non-hydrogen) atoms. The lowest BCUT2D eigenvalue weighted by Gasteiger charge is -2.13. The maximum Gasteiger partial charge on any atom is 0.259 e. The van der Waals surface area contributed by atoms with Crippen LogP contribution >= 0.6 is 22.6 Å². The van der Waals surface area contributed by atoms with E-state index >= 15 is 0 Å². The van der Waals surface area contributed by atoms with Gasteiger partial charge in [-0.25, -0.2) is 17.8 Å². The van der Waals surface area contributed by atoms with E-state index in [0.717, 1.165) is 0 Å². The molecule has 0 aliphatic rings. The van der Waals surface area contributed by atoms with E-state index in [1.807, 2.05) is 0 Å². The topological polar surface area (TPSA) is 117 Å². The largest absolute Gasteiger partial charge is 0.320 e. The molecular weight excluding hydrogens is 507 g/mol. The minimum absolute atomic E-state index is 0.210. The van der Waals surface area contributed by atoms with Crippen molar-refractivity contribution in [2.24, 2.45) is 0 Å². The zero-order valence-corrected chi connectivity index (χ0v) is 17.1. The van der Waals surface area contributed by atoms with Crippen LogP contribution in [0.25, 0.3) is 11.0 Å². The van der Waals surface area contributed by atoms with Crippen molar-refractivity contribution in [2.75, 3.05) is 22.5 Å². The number of alkyl halides is 1. The van der Waals surface area contributed by atoms with Crippen LogP contribution in [-0.4, -0.2) is 41.9 Å². The molecule has 148 valence electrons. The molecule has 12 heteroatoms. The highest BCUT2D eigenvalue weighted by molar-refractivity contribution is 14.1. The van der Waals surface area contributed by atoms with Crippen LogP contribution in [0.4, 0.5) is 20.2 Å². The van der Waals surface area contributed by atoms with Gasteiger partial charge in [0.05, 0.1) is 41.8 Å². The van der Waals surface area contributed by atoms with Gasteiger partial charge >= 0.3 is 0 Å². The number of carbonyl (C=O) groups is 1. The molecule has 3 N–H and O–H groups in total. The van der Waals surface area contributed by atoms with Gasteiger partial charge in [0.2, 0.25) is 10.0 Å². The summed E-state index contributed by atoms with van der Waals surface area (Å²) in [6, 6.07) is 4.22. The summed E-state index contributed by atoms with van der Waals surface area (Å²) < 4.78 is 53.2. The molecule has 0 aliphatic carbocycles. The molecule has 2 heterocycles. The van der Waals surface area contributed by atoms with Crippen molar-refractivity contribution in [3.8, 4) is 0 Å². The Morgan fingerprint density at radius 3 is 2.82 bits per heavy atom. The number of anilines is 2. The smallest absolute Gasteiger partial charge is 0.259 e. The molecule has 8 nitrogen and oxygen atoms in total. The van der Waals surface area contributed by atoms with Gasteiger partial charge in [-0.15, -0.1) is 0 Å². The monoisotopic (exact) mass is 521 g/mol. The summed E-state index contributed by atoms with van der Waals surface area (Å²) in [5.74, 6) is -2.28. The first-order valence-corrected chi connectivity index (χ1v) is 10.7. The number of sulfonamides is 1. The van der Waals surface area contributed by atoms with Crippen molar-refractivity contribution in [3.05, 3.63) is 45.5 Å². The van der Waals surface area contributed by atoms with Gasteiger partial charge in [-0.2, -0.15) is 5.10 Å². The SMILES string of the molecule is O=C(Nc1cnc2[nH]ncc2c1)c1c(I)ccc(NS(=O)(=O)CCCF)c1F. The van der Waals surface area contributed by atoms with E-state index in [1.165, 1.54) is 24.5 Å². The van der Waals surface area contributed by atoms with E-state index in [2.05, 4.69) is 25.2 Å². The maximum atomic E-state index is 14.8. The molecule has 0 saturated carbocycles. The minimum atomic E-state index is -3.94. The Morgan fingerprint density at radius 2 is 2.07 bits per heavy atom. The minimum Gasteiger partial charge on any atom is -0.320 e. The van der Waals surface area contributed by atoms with Crippen LogP contribution in [0.1, 0.15) is 16.8 Å². The molecule has 1 aromatic carbocycles. The van der Waals surface area contributed by atoms with Crippen LogP contribution in [0.15, 0.2) is 30.6 Å². The third kappa shape index (κ3) is 4.55. The highest BCUT2D eigenvalue weighted by atomic mass is 127. The number of hydrogen-bond acceptors (Lipinski definition) is 5. The number of H-pyrrole nitrogens is 1. The molecule has 2 aromatic heterocycles. The summed E-state index contributed by atoms with van der Waals surface area (Å²) in [4.78, 5) is 16.7. The van der Waals surface area contributed by atoms with Gasteiger partial charge in [0.25, 0.3) is 5.91 Å². The van der Waals surface area contributed by atoms with Gasteiger partial charge in [-0.3, -0.25) is 19.0 Å². The van der Waals surface area contributed by atoms with Crippen molar-refractivity contribution >= 4 is 60.9 Å². The van der Waals surface area contributed by atoms with Gasteiger partial charge in [0.15, 0.2) is 11.5 Å². The lowest BCUT2D eigenvalue weighted by atomic mass is 10.1. The summed E-state index contributed by atoms with van der Waals surface area (Å²) >= 11 is 1.78. The van der Waals surface area contributed by atoms with Crippen molar-refractivity contribution in [2.45, 2.75) is 6.42 Å². The number of aromatic nitrogens is 3. The first kappa shape index (κ1) is 20.4. The molecule has 0 unspecified atom stereocenters. The molecule has 3 aromatic rings. The molecule has 0 bridgehead atoms. The van der Waals surface area contributed by atoms with E-state index in [-0.39, 0.29) is 21.2 Å². The fourth-order valence-corrected chi connectivity index (χ4v) is 4.15. The Bertz CT molecular complexity index is 1140. The Balaban J connectivity index is 1.87. The van der Waals surface area contributed by atoms with Crippen LogP contribution in [0.3, 0.4) is 0 Å². The van der Waals surface area contributed by atoms with Crippen molar-refractivity contribution in [1.29, 1.82) is 0 Å². The summed E-state index contributed by atoms with van der Waals surface area (Å²) in [6.45, 7) is -0.807. The van der Waals surface area contributed by atoms with Crippen LogP contribution in [0.5, 0.6) is 0 Å². The number of carbonyl (C=O) groups excluding carboxylic acids is 1. The number of fused-ring (bicyclic) bond motifs is 1. The second-order valence-corrected chi connectivity index (χ2v) is 8.74. The highest BCUT2D eigenvalue weighted by Gasteiger charge is 2.22. The molecule has 0 fully saturated rings. The first-order chi connectivity index (χ1) is 13.3. The zero-order valence-electron chi connectivity index (χ0n) is 14.2. The number of pyridine rings is 1. The quantitative estimate of drug-likeness (QED) is 0.414. The number of amides is 1. The van der Waals surface area contributed by atoms with Crippen molar-refractivity contribution in [1.82, 2.24) is 15.2 Å². The average molecular weight is 521 g/mol. The van der Waals surface area contributed by atoms with Gasteiger partial charge in [0.1, 0.15) is 0 Å². The lowest BCUT2D eigenvalue weighted by molar-refractivity contribution is 0.102. The number of rotatable bonds is 7. The van der Waals surface area contributed by atoms with Gasteiger partial charge in [-0.05, 0) is 47.2 Å². The van der Waals surface area contributed by atoms with Gasteiger partial charge in [0, 0.05) is 8.96 Å². The standard InChI is InChI=1S/C16H14F2IN5O3S/c17-4-1-5-28(26,27)24-12-3-2-11(19)13(14(12)18)16(25)22-10-6-9-7-21-23-15(9)20-8-10/h2-3,6-8,24H,1,4-5H2,(H,22,25)(H,20,21,23). The van der Waals surface area contributed by atoms with Crippen LogP contribution in [0, 0.1) is 9.39 Å². The molecule has 1 amide bonds. The second kappa shape index (κ2) is 8.34. The Kier molecular flexibility index (Phi) is 6.07. The predicted octanol–water partition coefficient (Wildman–Crippen LogP) is 3.06. The van der Waals surface area contributed by atoms with E-state index in [9.17, 15) is 22.0 Å². The number of aromatic amines is 1. The highest BCUT2D eigenvalue weighted by Crippen LogP contribution is 2.26. The van der Waals surface area contributed by atoms with E-state index < -0.39 is 34.2 Å². The Labute approximate surface area is 172 Å². The van der Waals surface area contributed by atoms with E-state index in [1.54, 1.807) is 28.7 Å². The summed E-state index contributed by atoms with van der Waals surface area (Å²) in [7, 11) is -3.94. The number of hydrogen-bond donors (Lipinski definition) is 3. The number of nitrogens with zero attached hydrogens (tertiary/aromatic N) is 2. The fraction of sp³-hybridized carbons (Fsp3) is 0.188. The molecule has 3 rings (SSSR count). The molecule has 0 aliphatic heterocycles. The van der Waals surface area contributed by atoms with Gasteiger partial charge < -0.3 is 5.32 Å². The third-order valence-corrected chi connectivity index (χ3v) is 5.94. The maximum absolute atomic E-state index is 14.8. The fourth-order valence-electron chi connectivity index (χ4n) is 2.40. The van der Waals surface area contributed by atoms with E-state index in [4.69, 9.17) is 0 Å². The third-order valence-electron chi connectivity index (χ3n) is 3.68. The number of nitrogens with one attached hydrogen (secondary N) is 3. The Hall–Kier alpha value is -2.35. The number of halogens is 3. The second-order valence-electron chi connectivity index (χ2n) is 5.73.